The molecule has 0 aliphatic carbocycles. The van der Waals surface area contributed by atoms with E-state index in [0.717, 1.165) is 33.3 Å². The largest absolute Gasteiger partial charge is 0.457 e. The van der Waals surface area contributed by atoms with Crippen molar-refractivity contribution in [3.63, 3.8) is 0 Å². The molecule has 6 heteroatoms. The fourth-order valence-corrected chi connectivity index (χ4v) is 4.38. The van der Waals surface area contributed by atoms with E-state index >= 15 is 0 Å². The second kappa shape index (κ2) is 10.9. The number of ether oxygens (including phenoxy) is 1. The topological polar surface area (TPSA) is 101 Å². The molecule has 6 nitrogen and oxygen atoms in total. The highest BCUT2D eigenvalue weighted by molar-refractivity contribution is 5.97. The molecule has 0 aliphatic heterocycles. The summed E-state index contributed by atoms with van der Waals surface area (Å²) in [7, 11) is 0. The van der Waals surface area contributed by atoms with Gasteiger partial charge in [0.2, 0.25) is 0 Å². The zero-order valence-electron chi connectivity index (χ0n) is 20.9. The van der Waals surface area contributed by atoms with Crippen molar-refractivity contribution in [2.75, 3.05) is 11.1 Å². The van der Waals surface area contributed by atoms with Crippen molar-refractivity contribution in [3.05, 3.63) is 119 Å². The van der Waals surface area contributed by atoms with Crippen LogP contribution >= 0.6 is 0 Å². The zero-order chi connectivity index (χ0) is 26.5. The molecule has 0 unspecified atom stereocenters. The first kappa shape index (κ1) is 24.5. The molecule has 0 saturated heterocycles. The van der Waals surface area contributed by atoms with Crippen molar-refractivity contribution >= 4 is 33.7 Å². The predicted octanol–water partition coefficient (Wildman–Crippen LogP) is 6.89. The maximum atomic E-state index is 12.6. The number of aromatic nitrogens is 1. The van der Waals surface area contributed by atoms with Gasteiger partial charge in [-0.05, 0) is 72.6 Å². The van der Waals surface area contributed by atoms with Crippen LogP contribution in [0.15, 0.2) is 97.2 Å². The molecule has 5 rings (SSSR count). The third kappa shape index (κ3) is 5.80. The van der Waals surface area contributed by atoms with Gasteiger partial charge in [0.15, 0.2) is 0 Å². The molecule has 0 radical (unpaired) electrons. The maximum Gasteiger partial charge on any atom is 0.141 e. The first-order valence-corrected chi connectivity index (χ1v) is 12.3. The van der Waals surface area contributed by atoms with Gasteiger partial charge in [0.05, 0.1) is 16.8 Å². The number of benzene rings is 4. The number of ketones is 1. The molecule has 0 spiro atoms. The Morgan fingerprint density at radius 2 is 1.66 bits per heavy atom. The quantitative estimate of drug-likeness (QED) is 0.226. The van der Waals surface area contributed by atoms with Gasteiger partial charge in [-0.3, -0.25) is 9.78 Å². The molecule has 0 saturated carbocycles. The number of hydrogen-bond acceptors (Lipinski definition) is 6. The summed E-state index contributed by atoms with van der Waals surface area (Å²) in [5, 5.41) is 13.7. The SMILES string of the molecule is Cc1cccc(CC(=O)Cc2cccc(Oc3ccc(Nc4c(C#N)cnc5ccc(N)cc45)cc3)c2)c1. The second-order valence-electron chi connectivity index (χ2n) is 9.22. The number of nitriles is 1. The number of pyridine rings is 1. The Hall–Kier alpha value is -5.15. The highest BCUT2D eigenvalue weighted by Gasteiger charge is 2.11. The summed E-state index contributed by atoms with van der Waals surface area (Å²) >= 11 is 0. The van der Waals surface area contributed by atoms with Gasteiger partial charge < -0.3 is 15.8 Å². The summed E-state index contributed by atoms with van der Waals surface area (Å²) in [4.78, 5) is 17.0. The van der Waals surface area contributed by atoms with Crippen LogP contribution < -0.4 is 15.8 Å². The predicted molar refractivity (Wildman–Crippen MR) is 151 cm³/mol. The van der Waals surface area contributed by atoms with Crippen molar-refractivity contribution in [3.8, 4) is 17.6 Å². The van der Waals surface area contributed by atoms with E-state index in [1.54, 1.807) is 12.3 Å². The van der Waals surface area contributed by atoms with Gasteiger partial charge in [0, 0.05) is 35.8 Å². The van der Waals surface area contributed by atoms with Gasteiger partial charge >= 0.3 is 0 Å². The van der Waals surface area contributed by atoms with Crippen LogP contribution in [0.1, 0.15) is 22.3 Å². The molecule has 3 N–H and O–H groups in total. The minimum Gasteiger partial charge on any atom is -0.457 e. The van der Waals surface area contributed by atoms with E-state index in [0.29, 0.717) is 41.3 Å². The molecule has 0 amide bonds. The van der Waals surface area contributed by atoms with Crippen LogP contribution in [0, 0.1) is 18.3 Å². The second-order valence-corrected chi connectivity index (χ2v) is 9.22. The highest BCUT2D eigenvalue weighted by atomic mass is 16.5. The fraction of sp³-hybridized carbons (Fsp3) is 0.0938. The van der Waals surface area contributed by atoms with Crippen LogP contribution in [0.5, 0.6) is 11.5 Å². The molecule has 1 heterocycles. The Morgan fingerprint density at radius 1 is 0.921 bits per heavy atom. The normalized spacial score (nSPS) is 10.6. The number of fused-ring (bicyclic) bond motifs is 1. The van der Waals surface area contributed by atoms with E-state index in [1.165, 1.54) is 0 Å². The molecule has 38 heavy (non-hydrogen) atoms. The average Bonchev–Trinajstić information content (AvgIpc) is 2.90. The van der Waals surface area contributed by atoms with E-state index in [2.05, 4.69) is 16.4 Å². The van der Waals surface area contributed by atoms with E-state index in [1.807, 2.05) is 91.9 Å². The molecule has 0 fully saturated rings. The molecular weight excluding hydrogens is 472 g/mol. The highest BCUT2D eigenvalue weighted by Crippen LogP contribution is 2.31. The summed E-state index contributed by atoms with van der Waals surface area (Å²) in [6, 6.07) is 30.7. The Labute approximate surface area is 221 Å². The lowest BCUT2D eigenvalue weighted by atomic mass is 10.0. The summed E-state index contributed by atoms with van der Waals surface area (Å²) in [5.41, 5.74) is 12.3. The number of nitrogens with two attached hydrogens (primary N) is 1. The van der Waals surface area contributed by atoms with Gasteiger partial charge in [0.1, 0.15) is 23.4 Å². The summed E-state index contributed by atoms with van der Waals surface area (Å²) in [6.45, 7) is 2.03. The summed E-state index contributed by atoms with van der Waals surface area (Å²) < 4.78 is 6.05. The number of rotatable bonds is 8. The third-order valence-electron chi connectivity index (χ3n) is 6.16. The number of carbonyl (C=O) groups excluding carboxylic acids is 1. The molecule has 0 atom stereocenters. The molecule has 5 aromatic rings. The van der Waals surface area contributed by atoms with E-state index in [9.17, 15) is 10.1 Å². The van der Waals surface area contributed by atoms with Crippen LogP contribution in [-0.2, 0) is 17.6 Å². The maximum absolute atomic E-state index is 12.6. The first-order valence-electron chi connectivity index (χ1n) is 12.3. The van der Waals surface area contributed by atoms with Crippen molar-refractivity contribution < 1.29 is 9.53 Å². The van der Waals surface area contributed by atoms with Crippen LogP contribution in [0.2, 0.25) is 0 Å². The van der Waals surface area contributed by atoms with E-state index < -0.39 is 0 Å². The first-order chi connectivity index (χ1) is 18.5. The van der Waals surface area contributed by atoms with E-state index in [4.69, 9.17) is 10.5 Å². The Kier molecular flexibility index (Phi) is 7.01. The Morgan fingerprint density at radius 3 is 2.39 bits per heavy atom. The van der Waals surface area contributed by atoms with E-state index in [-0.39, 0.29) is 5.78 Å². The molecule has 1 aromatic heterocycles. The van der Waals surface area contributed by atoms with Gasteiger partial charge in [-0.15, -0.1) is 0 Å². The molecule has 4 aromatic carbocycles. The van der Waals surface area contributed by atoms with Crippen LogP contribution in [0.25, 0.3) is 10.9 Å². The molecular formula is C32H26N4O2. The Balaban J connectivity index is 1.27. The number of anilines is 3. The van der Waals surface area contributed by atoms with Crippen LogP contribution in [0.3, 0.4) is 0 Å². The number of nitrogens with zero attached hydrogens (tertiary/aromatic N) is 2. The van der Waals surface area contributed by atoms with Gasteiger partial charge in [-0.1, -0.05) is 42.0 Å². The summed E-state index contributed by atoms with van der Waals surface area (Å²) in [6.07, 6.45) is 2.31. The van der Waals surface area contributed by atoms with Crippen molar-refractivity contribution in [1.82, 2.24) is 4.98 Å². The third-order valence-corrected chi connectivity index (χ3v) is 6.16. The fourth-order valence-electron chi connectivity index (χ4n) is 4.38. The van der Waals surface area contributed by atoms with Gasteiger partial charge in [-0.2, -0.15) is 5.26 Å². The van der Waals surface area contributed by atoms with Gasteiger partial charge in [-0.25, -0.2) is 0 Å². The standard InChI is InChI=1S/C32H26N4O2/c1-21-4-2-5-22(14-21)15-27(37)16-23-6-3-7-29(17-23)38-28-11-9-26(10-12-28)36-32-24(19-33)20-35-31-13-8-25(34)18-30(31)32/h2-14,17-18,20H,15-16,34H2,1H3,(H,35,36). The van der Waals surface area contributed by atoms with Crippen molar-refractivity contribution in [1.29, 1.82) is 5.26 Å². The number of carbonyl (C=O) groups is 1. The monoisotopic (exact) mass is 498 g/mol. The smallest absolute Gasteiger partial charge is 0.141 e. The lowest BCUT2D eigenvalue weighted by Crippen LogP contribution is -2.06. The van der Waals surface area contributed by atoms with Crippen molar-refractivity contribution in [2.24, 2.45) is 0 Å². The average molecular weight is 499 g/mol. The van der Waals surface area contributed by atoms with Crippen molar-refractivity contribution in [2.45, 2.75) is 19.8 Å². The van der Waals surface area contributed by atoms with Crippen LogP contribution in [0.4, 0.5) is 17.1 Å². The Bertz CT molecular complexity index is 1670. The minimum absolute atomic E-state index is 0.158. The lowest BCUT2D eigenvalue weighted by Gasteiger charge is -2.13. The lowest BCUT2D eigenvalue weighted by molar-refractivity contribution is -0.117. The summed E-state index contributed by atoms with van der Waals surface area (Å²) in [5.74, 6) is 1.47. The number of aryl methyl sites for hydroxylation is 1. The number of Topliss-reactive ketones (excluding diaryl/α,β-unsaturated/α-hetero) is 1. The molecule has 0 aliphatic rings. The molecule has 0 bridgehead atoms. The number of nitrogens with one attached hydrogen (secondary N) is 1. The zero-order valence-corrected chi connectivity index (χ0v) is 20.9. The number of nitrogen functional groups attached to an aromatic ring is 1. The van der Waals surface area contributed by atoms with Crippen LogP contribution in [-0.4, -0.2) is 10.8 Å². The molecule has 186 valence electrons. The number of hydrogen-bond donors (Lipinski definition) is 2. The van der Waals surface area contributed by atoms with Gasteiger partial charge in [0.25, 0.3) is 0 Å². The minimum atomic E-state index is 0.158.